The third kappa shape index (κ3) is 3.71. The number of benzene rings is 2. The molecule has 0 aromatic heterocycles. The number of hydrogen-bond acceptors (Lipinski definition) is 4. The maximum absolute atomic E-state index is 12.2. The Balaban J connectivity index is 2.41. The minimum absolute atomic E-state index is 0.214. The second-order valence-corrected chi connectivity index (χ2v) is 8.25. The van der Waals surface area contributed by atoms with Crippen LogP contribution in [0, 0.1) is 0 Å². The zero-order valence-electron chi connectivity index (χ0n) is 11.6. The van der Waals surface area contributed by atoms with Gasteiger partial charge >= 0.3 is 0 Å². The number of nitrogen functional groups attached to an aromatic ring is 1. The second-order valence-electron chi connectivity index (χ2n) is 4.55. The molecule has 2 aromatic carbocycles. The van der Waals surface area contributed by atoms with Crippen LogP contribution in [0.3, 0.4) is 0 Å². The summed E-state index contributed by atoms with van der Waals surface area (Å²) in [6, 6.07) is 12.0. The molecule has 4 nitrogen and oxygen atoms in total. The minimum atomic E-state index is -3.48. The monoisotopic (exact) mass is 342 g/mol. The molecule has 0 aliphatic rings. The van der Waals surface area contributed by atoms with Crippen molar-refractivity contribution < 1.29 is 8.42 Å². The first-order chi connectivity index (χ1) is 9.80. The van der Waals surface area contributed by atoms with Crippen molar-refractivity contribution in [3.05, 3.63) is 47.5 Å². The van der Waals surface area contributed by atoms with E-state index in [9.17, 15) is 8.42 Å². The first-order valence-electron chi connectivity index (χ1n) is 6.06. The van der Waals surface area contributed by atoms with Crippen LogP contribution in [-0.4, -0.2) is 26.8 Å². The van der Waals surface area contributed by atoms with Gasteiger partial charge in [0.05, 0.1) is 4.90 Å². The molecule has 7 heteroatoms. The molecule has 0 aliphatic heterocycles. The highest BCUT2D eigenvalue weighted by Gasteiger charge is 2.18. The van der Waals surface area contributed by atoms with Gasteiger partial charge in [0.1, 0.15) is 0 Å². The Morgan fingerprint density at radius 3 is 2.48 bits per heavy atom. The molecule has 0 amide bonds. The van der Waals surface area contributed by atoms with Crippen LogP contribution >= 0.6 is 23.4 Å². The minimum Gasteiger partial charge on any atom is -0.398 e. The quantitative estimate of drug-likeness (QED) is 0.866. The maximum atomic E-state index is 12.2. The lowest BCUT2D eigenvalue weighted by Gasteiger charge is -2.13. The lowest BCUT2D eigenvalue weighted by atomic mass is 10.3. The van der Waals surface area contributed by atoms with Gasteiger partial charge < -0.3 is 5.73 Å². The third-order valence-electron chi connectivity index (χ3n) is 2.79. The van der Waals surface area contributed by atoms with Crippen LogP contribution in [0.1, 0.15) is 0 Å². The molecular weight excluding hydrogens is 328 g/mol. The van der Waals surface area contributed by atoms with Crippen molar-refractivity contribution in [3.63, 3.8) is 0 Å². The lowest BCUT2D eigenvalue weighted by Crippen LogP contribution is -2.22. The van der Waals surface area contributed by atoms with Crippen molar-refractivity contribution in [2.24, 2.45) is 0 Å². The molecule has 2 aromatic rings. The largest absolute Gasteiger partial charge is 0.398 e. The smallest absolute Gasteiger partial charge is 0.242 e. The summed E-state index contributed by atoms with van der Waals surface area (Å²) in [5.74, 6) is 0. The maximum Gasteiger partial charge on any atom is 0.242 e. The fourth-order valence-corrected chi connectivity index (χ4v) is 3.85. The Labute approximate surface area is 134 Å². The summed E-state index contributed by atoms with van der Waals surface area (Å²) in [6.45, 7) is 0. The van der Waals surface area contributed by atoms with Gasteiger partial charge in [0.2, 0.25) is 10.0 Å². The average molecular weight is 343 g/mol. The van der Waals surface area contributed by atoms with Gasteiger partial charge in [0, 0.05) is 34.6 Å². The van der Waals surface area contributed by atoms with Crippen molar-refractivity contribution in [2.75, 3.05) is 19.8 Å². The average Bonchev–Trinajstić information content (AvgIpc) is 2.41. The van der Waals surface area contributed by atoms with E-state index in [1.54, 1.807) is 24.3 Å². The molecule has 0 saturated heterocycles. The molecule has 0 saturated carbocycles. The number of nitrogens with zero attached hydrogens (tertiary/aromatic N) is 1. The molecule has 0 aliphatic carbocycles. The molecule has 0 spiro atoms. The van der Waals surface area contributed by atoms with Crippen molar-refractivity contribution >= 4 is 39.1 Å². The SMILES string of the molecule is CN(C)S(=O)(=O)c1ccc(N)c(Sc2cccc(Cl)c2)c1. The summed E-state index contributed by atoms with van der Waals surface area (Å²) >= 11 is 7.33. The molecular formula is C14H15ClN2O2S2. The zero-order chi connectivity index (χ0) is 15.6. The van der Waals surface area contributed by atoms with Gasteiger partial charge in [-0.25, -0.2) is 12.7 Å². The summed E-state index contributed by atoms with van der Waals surface area (Å²) in [5.41, 5.74) is 6.46. The van der Waals surface area contributed by atoms with Gasteiger partial charge in [-0.05, 0) is 36.4 Å². The van der Waals surface area contributed by atoms with E-state index < -0.39 is 10.0 Å². The Morgan fingerprint density at radius 1 is 1.14 bits per heavy atom. The van der Waals surface area contributed by atoms with Crippen molar-refractivity contribution in [2.45, 2.75) is 14.7 Å². The van der Waals surface area contributed by atoms with Gasteiger partial charge in [-0.1, -0.05) is 29.4 Å². The van der Waals surface area contributed by atoms with Gasteiger partial charge in [-0.2, -0.15) is 0 Å². The van der Waals surface area contributed by atoms with Gasteiger partial charge in [-0.3, -0.25) is 0 Å². The number of nitrogens with two attached hydrogens (primary N) is 1. The highest BCUT2D eigenvalue weighted by Crippen LogP contribution is 2.35. The molecule has 0 fully saturated rings. The van der Waals surface area contributed by atoms with Crippen LogP contribution in [0.2, 0.25) is 5.02 Å². The number of halogens is 1. The fourth-order valence-electron chi connectivity index (χ4n) is 1.63. The molecule has 0 radical (unpaired) electrons. The van der Waals surface area contributed by atoms with E-state index in [1.165, 1.54) is 36.2 Å². The number of hydrogen-bond donors (Lipinski definition) is 1. The second kappa shape index (κ2) is 6.27. The molecule has 21 heavy (non-hydrogen) atoms. The van der Waals surface area contributed by atoms with E-state index in [2.05, 4.69) is 0 Å². The van der Waals surface area contributed by atoms with E-state index >= 15 is 0 Å². The van der Waals surface area contributed by atoms with Crippen LogP contribution in [0.5, 0.6) is 0 Å². The van der Waals surface area contributed by atoms with Crippen LogP contribution < -0.4 is 5.73 Å². The Hall–Kier alpha value is -1.21. The summed E-state index contributed by atoms with van der Waals surface area (Å²) in [6.07, 6.45) is 0. The highest BCUT2D eigenvalue weighted by molar-refractivity contribution is 7.99. The summed E-state index contributed by atoms with van der Waals surface area (Å²) in [5, 5.41) is 0.621. The summed E-state index contributed by atoms with van der Waals surface area (Å²) < 4.78 is 25.5. The number of sulfonamides is 1. The zero-order valence-corrected chi connectivity index (χ0v) is 14.0. The van der Waals surface area contributed by atoms with E-state index in [0.29, 0.717) is 15.6 Å². The van der Waals surface area contributed by atoms with E-state index in [0.717, 1.165) is 4.90 Å². The van der Waals surface area contributed by atoms with Crippen molar-refractivity contribution in [1.82, 2.24) is 4.31 Å². The summed E-state index contributed by atoms with van der Waals surface area (Å²) in [7, 11) is -0.487. The standard InChI is InChI=1S/C14H15ClN2O2S2/c1-17(2)21(18,19)12-6-7-13(16)14(9-12)20-11-5-3-4-10(15)8-11/h3-9H,16H2,1-2H3. The molecule has 2 rings (SSSR count). The van der Waals surface area contributed by atoms with Gasteiger partial charge in [-0.15, -0.1) is 0 Å². The topological polar surface area (TPSA) is 63.4 Å². The number of rotatable bonds is 4. The summed E-state index contributed by atoms with van der Waals surface area (Å²) in [4.78, 5) is 1.79. The first-order valence-corrected chi connectivity index (χ1v) is 8.69. The Kier molecular flexibility index (Phi) is 4.83. The third-order valence-corrected chi connectivity index (χ3v) is 5.90. The van der Waals surface area contributed by atoms with Crippen LogP contribution in [0.25, 0.3) is 0 Å². The Bertz CT molecular complexity index is 761. The van der Waals surface area contributed by atoms with Crippen LogP contribution in [0.15, 0.2) is 57.2 Å². The highest BCUT2D eigenvalue weighted by atomic mass is 35.5. The first kappa shape index (κ1) is 16.2. The normalized spacial score (nSPS) is 11.8. The molecule has 112 valence electrons. The van der Waals surface area contributed by atoms with Crippen LogP contribution in [0.4, 0.5) is 5.69 Å². The predicted octanol–water partition coefficient (Wildman–Crippen LogP) is 3.32. The van der Waals surface area contributed by atoms with Crippen molar-refractivity contribution in [3.8, 4) is 0 Å². The molecule has 0 heterocycles. The molecule has 0 bridgehead atoms. The van der Waals surface area contributed by atoms with Gasteiger partial charge in [0.15, 0.2) is 0 Å². The predicted molar refractivity (Wildman–Crippen MR) is 87.3 cm³/mol. The molecule has 2 N–H and O–H groups in total. The van der Waals surface area contributed by atoms with Crippen molar-refractivity contribution in [1.29, 1.82) is 0 Å². The molecule has 0 unspecified atom stereocenters. The molecule has 0 atom stereocenters. The van der Waals surface area contributed by atoms with Crippen LogP contribution in [-0.2, 0) is 10.0 Å². The van der Waals surface area contributed by atoms with Gasteiger partial charge in [0.25, 0.3) is 0 Å². The van der Waals surface area contributed by atoms with E-state index in [4.69, 9.17) is 17.3 Å². The fraction of sp³-hybridized carbons (Fsp3) is 0.143. The van der Waals surface area contributed by atoms with E-state index in [1.807, 2.05) is 12.1 Å². The number of anilines is 1. The van der Waals surface area contributed by atoms with E-state index in [-0.39, 0.29) is 4.90 Å². The Morgan fingerprint density at radius 2 is 1.86 bits per heavy atom. The lowest BCUT2D eigenvalue weighted by molar-refractivity contribution is 0.520.